The summed E-state index contributed by atoms with van der Waals surface area (Å²) >= 11 is 0. The van der Waals surface area contributed by atoms with Gasteiger partial charge in [0.2, 0.25) is 0 Å². The molecule has 0 atom stereocenters. The van der Waals surface area contributed by atoms with Crippen molar-refractivity contribution in [1.29, 1.82) is 0 Å². The van der Waals surface area contributed by atoms with Crippen molar-refractivity contribution in [3.8, 4) is 33.4 Å². The summed E-state index contributed by atoms with van der Waals surface area (Å²) in [5, 5.41) is 8.03. The molecule has 0 saturated carbocycles. The summed E-state index contributed by atoms with van der Waals surface area (Å²) in [6.07, 6.45) is 1.93. The number of rotatable bonds is 3. The van der Waals surface area contributed by atoms with Crippen LogP contribution in [0.2, 0.25) is 0 Å². The molecule has 0 radical (unpaired) electrons. The Morgan fingerprint density at radius 3 is 1.60 bits per heavy atom. The van der Waals surface area contributed by atoms with Gasteiger partial charge >= 0.3 is 0 Å². The second-order valence-corrected chi connectivity index (χ2v) is 10.8. The van der Waals surface area contributed by atoms with Gasteiger partial charge in [-0.1, -0.05) is 121 Å². The SMILES string of the molecule is c1ccc(-c2ccccc2-c2c3ccccc3c(-c3coc4c3ccc3oc5ccccc5c34)c3ccccc23)cc1. The molecule has 0 amide bonds. The first-order valence-electron chi connectivity index (χ1n) is 14.3. The highest BCUT2D eigenvalue weighted by molar-refractivity contribution is 6.26. The molecule has 2 heterocycles. The molecule has 0 saturated heterocycles. The van der Waals surface area contributed by atoms with Gasteiger partial charge in [-0.05, 0) is 62.0 Å². The fraction of sp³-hybridized carbons (Fsp3) is 0. The molecule has 7 aromatic carbocycles. The third kappa shape index (κ3) is 3.27. The molecular formula is C40H24O2. The minimum Gasteiger partial charge on any atom is -0.463 e. The highest BCUT2D eigenvalue weighted by atomic mass is 16.3. The minimum atomic E-state index is 0.840. The Labute approximate surface area is 242 Å². The van der Waals surface area contributed by atoms with Crippen LogP contribution in [-0.2, 0) is 0 Å². The Bertz CT molecular complexity index is 2400. The largest absolute Gasteiger partial charge is 0.463 e. The molecule has 2 aromatic heterocycles. The third-order valence-electron chi connectivity index (χ3n) is 8.56. The molecule has 9 rings (SSSR count). The van der Waals surface area contributed by atoms with Crippen LogP contribution in [0.3, 0.4) is 0 Å². The molecule has 0 spiro atoms. The zero-order valence-electron chi connectivity index (χ0n) is 22.7. The van der Waals surface area contributed by atoms with Crippen molar-refractivity contribution in [3.63, 3.8) is 0 Å². The molecular weight excluding hydrogens is 512 g/mol. The molecule has 9 aromatic rings. The van der Waals surface area contributed by atoms with E-state index in [4.69, 9.17) is 8.83 Å². The van der Waals surface area contributed by atoms with Crippen molar-refractivity contribution >= 4 is 54.5 Å². The second-order valence-electron chi connectivity index (χ2n) is 10.8. The average Bonchev–Trinajstić information content (AvgIpc) is 3.65. The van der Waals surface area contributed by atoms with E-state index in [0.29, 0.717) is 0 Å². The molecule has 0 unspecified atom stereocenters. The van der Waals surface area contributed by atoms with E-state index in [1.165, 1.54) is 49.4 Å². The molecule has 0 bridgehead atoms. The quantitative estimate of drug-likeness (QED) is 0.210. The second kappa shape index (κ2) is 8.95. The third-order valence-corrected chi connectivity index (χ3v) is 8.56. The van der Waals surface area contributed by atoms with Crippen molar-refractivity contribution in [2.45, 2.75) is 0 Å². The predicted molar refractivity (Wildman–Crippen MR) is 175 cm³/mol. The first-order chi connectivity index (χ1) is 20.9. The van der Waals surface area contributed by atoms with Gasteiger partial charge in [-0.3, -0.25) is 0 Å². The number of furan rings is 2. The van der Waals surface area contributed by atoms with Crippen molar-refractivity contribution < 1.29 is 8.83 Å². The lowest BCUT2D eigenvalue weighted by atomic mass is 9.84. The van der Waals surface area contributed by atoms with Crippen molar-refractivity contribution in [2.24, 2.45) is 0 Å². The lowest BCUT2D eigenvalue weighted by Crippen LogP contribution is -1.92. The lowest BCUT2D eigenvalue weighted by Gasteiger charge is -2.19. The summed E-state index contributed by atoms with van der Waals surface area (Å²) in [4.78, 5) is 0. The van der Waals surface area contributed by atoms with Gasteiger partial charge in [-0.2, -0.15) is 0 Å². The van der Waals surface area contributed by atoms with Crippen LogP contribution in [0.1, 0.15) is 0 Å². The Hall–Kier alpha value is -5.60. The van der Waals surface area contributed by atoms with Crippen LogP contribution in [0.4, 0.5) is 0 Å². The maximum absolute atomic E-state index is 6.41. The van der Waals surface area contributed by atoms with Gasteiger partial charge in [0.25, 0.3) is 0 Å². The van der Waals surface area contributed by atoms with Crippen molar-refractivity contribution in [2.75, 3.05) is 0 Å². The van der Waals surface area contributed by atoms with Crippen LogP contribution < -0.4 is 0 Å². The molecule has 0 fully saturated rings. The maximum Gasteiger partial charge on any atom is 0.146 e. The van der Waals surface area contributed by atoms with Gasteiger partial charge in [0.15, 0.2) is 0 Å². The van der Waals surface area contributed by atoms with Crippen molar-refractivity contribution in [1.82, 2.24) is 0 Å². The highest BCUT2D eigenvalue weighted by Crippen LogP contribution is 2.48. The van der Waals surface area contributed by atoms with E-state index in [2.05, 4.69) is 121 Å². The maximum atomic E-state index is 6.41. The van der Waals surface area contributed by atoms with Crippen LogP contribution in [0.25, 0.3) is 87.8 Å². The van der Waals surface area contributed by atoms with E-state index in [-0.39, 0.29) is 0 Å². The smallest absolute Gasteiger partial charge is 0.146 e. The van der Waals surface area contributed by atoms with Gasteiger partial charge in [0.05, 0.1) is 11.6 Å². The van der Waals surface area contributed by atoms with Gasteiger partial charge in [0, 0.05) is 21.9 Å². The molecule has 2 nitrogen and oxygen atoms in total. The molecule has 196 valence electrons. The lowest BCUT2D eigenvalue weighted by molar-refractivity contribution is 0.619. The van der Waals surface area contributed by atoms with Crippen LogP contribution in [-0.4, -0.2) is 0 Å². The number of benzene rings is 7. The summed E-state index contributed by atoms with van der Waals surface area (Å²) in [7, 11) is 0. The normalized spacial score (nSPS) is 11.8. The van der Waals surface area contributed by atoms with Crippen molar-refractivity contribution in [3.05, 3.63) is 146 Å². The summed E-state index contributed by atoms with van der Waals surface area (Å²) in [6.45, 7) is 0. The number of para-hydroxylation sites is 1. The first kappa shape index (κ1) is 23.1. The van der Waals surface area contributed by atoms with E-state index in [0.717, 1.165) is 38.5 Å². The van der Waals surface area contributed by atoms with Crippen LogP contribution in [0.5, 0.6) is 0 Å². The van der Waals surface area contributed by atoms with Gasteiger partial charge in [-0.15, -0.1) is 0 Å². The summed E-state index contributed by atoms with van der Waals surface area (Å²) in [6, 6.07) is 49.4. The average molecular weight is 537 g/mol. The van der Waals surface area contributed by atoms with E-state index in [1.54, 1.807) is 0 Å². The summed E-state index contributed by atoms with van der Waals surface area (Å²) in [5.41, 5.74) is 9.76. The van der Waals surface area contributed by atoms with E-state index >= 15 is 0 Å². The molecule has 0 aliphatic heterocycles. The Balaban J connectivity index is 1.40. The molecule has 2 heteroatoms. The number of hydrogen-bond donors (Lipinski definition) is 0. The molecule has 0 N–H and O–H groups in total. The molecule has 42 heavy (non-hydrogen) atoms. The Morgan fingerprint density at radius 1 is 0.357 bits per heavy atom. The van der Waals surface area contributed by atoms with Crippen LogP contribution in [0.15, 0.2) is 155 Å². The number of hydrogen-bond acceptors (Lipinski definition) is 2. The fourth-order valence-electron chi connectivity index (χ4n) is 6.77. The molecule has 0 aliphatic carbocycles. The van der Waals surface area contributed by atoms with Crippen LogP contribution in [0, 0.1) is 0 Å². The van der Waals surface area contributed by atoms with Gasteiger partial charge in [0.1, 0.15) is 16.7 Å². The summed E-state index contributed by atoms with van der Waals surface area (Å²) < 4.78 is 12.6. The van der Waals surface area contributed by atoms with Gasteiger partial charge in [-0.25, -0.2) is 0 Å². The fourth-order valence-corrected chi connectivity index (χ4v) is 6.77. The Morgan fingerprint density at radius 2 is 0.905 bits per heavy atom. The van der Waals surface area contributed by atoms with E-state index in [9.17, 15) is 0 Å². The zero-order valence-corrected chi connectivity index (χ0v) is 22.7. The van der Waals surface area contributed by atoms with Crippen LogP contribution >= 0.6 is 0 Å². The first-order valence-corrected chi connectivity index (χ1v) is 14.3. The van der Waals surface area contributed by atoms with E-state index in [1.807, 2.05) is 24.5 Å². The zero-order chi connectivity index (χ0) is 27.6. The van der Waals surface area contributed by atoms with Gasteiger partial charge < -0.3 is 8.83 Å². The highest BCUT2D eigenvalue weighted by Gasteiger charge is 2.22. The number of fused-ring (bicyclic) bond motifs is 7. The monoisotopic (exact) mass is 536 g/mol. The standard InChI is InChI=1S/C40H24O2/c1-2-12-25(13-3-1)26-14-4-5-15-27(26)37-28-16-6-8-18-30(28)38(31-19-9-7-17-29(31)37)34-24-41-40-32(34)22-23-36-39(40)33-20-10-11-21-35(33)42-36/h1-24H. The minimum absolute atomic E-state index is 0.840. The summed E-state index contributed by atoms with van der Waals surface area (Å²) in [5.74, 6) is 0. The Kier molecular flexibility index (Phi) is 4.93. The topological polar surface area (TPSA) is 26.3 Å². The molecule has 0 aliphatic rings. The van der Waals surface area contributed by atoms with E-state index < -0.39 is 0 Å². The predicted octanol–water partition coefficient (Wildman–Crippen LogP) is 11.6.